The summed E-state index contributed by atoms with van der Waals surface area (Å²) in [5.41, 5.74) is 2.86. The van der Waals surface area contributed by atoms with Gasteiger partial charge >= 0.3 is 0 Å². The fraction of sp³-hybridized carbons (Fsp3) is 0.700. The Bertz CT molecular complexity index is 566. The smallest absolute Gasteiger partial charge is 0.129 e. The number of hydrogen-bond donors (Lipinski definition) is 0. The van der Waals surface area contributed by atoms with Gasteiger partial charge in [0.15, 0.2) is 0 Å². The third kappa shape index (κ3) is 3.32. The summed E-state index contributed by atoms with van der Waals surface area (Å²) in [7, 11) is 0. The van der Waals surface area contributed by atoms with Gasteiger partial charge in [0, 0.05) is 6.42 Å². The predicted molar refractivity (Wildman–Crippen MR) is 90.9 cm³/mol. The van der Waals surface area contributed by atoms with Crippen LogP contribution in [0, 0.1) is 18.8 Å². The molecule has 2 nitrogen and oxygen atoms in total. The first-order valence-corrected chi connectivity index (χ1v) is 8.85. The SMILES string of the molecule is Cc1cc2oc1C=C(C(C)C)CC[C@]1(C)O[C@H]1CC[C@H](C)C2. The first kappa shape index (κ1) is 15.9. The van der Waals surface area contributed by atoms with E-state index in [0.717, 1.165) is 30.8 Å². The van der Waals surface area contributed by atoms with Crippen LogP contribution < -0.4 is 0 Å². The average Bonchev–Trinajstić information content (AvgIpc) is 2.96. The molecule has 2 aliphatic heterocycles. The molecule has 0 aliphatic carbocycles. The molecule has 0 spiro atoms. The van der Waals surface area contributed by atoms with E-state index >= 15 is 0 Å². The van der Waals surface area contributed by atoms with Crippen molar-refractivity contribution in [3.05, 3.63) is 28.7 Å². The van der Waals surface area contributed by atoms with E-state index in [1.807, 2.05) is 0 Å². The van der Waals surface area contributed by atoms with Gasteiger partial charge in [0.05, 0.1) is 11.7 Å². The molecular formula is C20H30O2. The number of fused-ring (bicyclic) bond motifs is 3. The van der Waals surface area contributed by atoms with E-state index < -0.39 is 0 Å². The second-order valence-corrected chi connectivity index (χ2v) is 7.94. The van der Waals surface area contributed by atoms with E-state index in [0.29, 0.717) is 17.9 Å². The van der Waals surface area contributed by atoms with Crippen molar-refractivity contribution < 1.29 is 9.15 Å². The van der Waals surface area contributed by atoms with E-state index in [9.17, 15) is 0 Å². The quantitative estimate of drug-likeness (QED) is 0.637. The van der Waals surface area contributed by atoms with Gasteiger partial charge in [-0.2, -0.15) is 0 Å². The molecule has 2 aliphatic rings. The molecule has 0 saturated carbocycles. The normalized spacial score (nSPS) is 32.5. The molecule has 1 fully saturated rings. The monoisotopic (exact) mass is 302 g/mol. The first-order chi connectivity index (χ1) is 10.4. The molecule has 3 atom stereocenters. The molecular weight excluding hydrogens is 272 g/mol. The van der Waals surface area contributed by atoms with E-state index in [1.165, 1.54) is 24.0 Å². The topological polar surface area (TPSA) is 25.7 Å². The van der Waals surface area contributed by atoms with Crippen molar-refractivity contribution in [3.63, 3.8) is 0 Å². The van der Waals surface area contributed by atoms with Gasteiger partial charge in [0.1, 0.15) is 11.5 Å². The third-order valence-electron chi connectivity index (χ3n) is 5.48. The lowest BCUT2D eigenvalue weighted by Gasteiger charge is -2.13. The molecule has 2 heteroatoms. The highest BCUT2D eigenvalue weighted by Gasteiger charge is 2.50. The van der Waals surface area contributed by atoms with Crippen molar-refractivity contribution in [2.24, 2.45) is 11.8 Å². The second-order valence-electron chi connectivity index (χ2n) is 7.94. The molecule has 1 aromatic rings. The molecule has 1 aromatic heterocycles. The summed E-state index contributed by atoms with van der Waals surface area (Å²) in [6.45, 7) is 11.3. The van der Waals surface area contributed by atoms with E-state index in [1.54, 1.807) is 0 Å². The Morgan fingerprint density at radius 1 is 1.27 bits per heavy atom. The summed E-state index contributed by atoms with van der Waals surface area (Å²) in [5, 5.41) is 0. The van der Waals surface area contributed by atoms with Crippen molar-refractivity contribution in [3.8, 4) is 0 Å². The van der Waals surface area contributed by atoms with Crippen LogP contribution in [-0.2, 0) is 11.2 Å². The second kappa shape index (κ2) is 5.88. The summed E-state index contributed by atoms with van der Waals surface area (Å²) in [6, 6.07) is 2.23. The molecule has 22 heavy (non-hydrogen) atoms. The maximum atomic E-state index is 6.13. The summed E-state index contributed by atoms with van der Waals surface area (Å²) in [6.07, 6.45) is 8.43. The Morgan fingerprint density at radius 2 is 2.05 bits per heavy atom. The molecule has 3 rings (SSSR count). The summed E-state index contributed by atoms with van der Waals surface area (Å²) < 4.78 is 12.2. The van der Waals surface area contributed by atoms with Gasteiger partial charge in [-0.1, -0.05) is 26.3 Å². The molecule has 0 radical (unpaired) electrons. The Labute approximate surface area is 134 Å². The molecule has 1 saturated heterocycles. The average molecular weight is 302 g/mol. The van der Waals surface area contributed by atoms with Crippen LogP contribution in [0.5, 0.6) is 0 Å². The molecule has 0 N–H and O–H groups in total. The molecule has 2 bridgehead atoms. The van der Waals surface area contributed by atoms with Gasteiger partial charge in [0.2, 0.25) is 0 Å². The Balaban J connectivity index is 1.89. The summed E-state index contributed by atoms with van der Waals surface area (Å²) in [4.78, 5) is 0. The standard InChI is InChI=1S/C20H30O2/c1-13(2)16-8-9-20(5)19(22-20)7-6-14(3)10-17-11-15(4)18(12-16)21-17/h11-14,19H,6-10H2,1-5H3/t14-,19-,20-/m0/s1. The van der Waals surface area contributed by atoms with Crippen molar-refractivity contribution >= 4 is 6.08 Å². The third-order valence-corrected chi connectivity index (χ3v) is 5.48. The zero-order valence-corrected chi connectivity index (χ0v) is 14.7. The van der Waals surface area contributed by atoms with Crippen molar-refractivity contribution in [1.29, 1.82) is 0 Å². The van der Waals surface area contributed by atoms with E-state index in [-0.39, 0.29) is 5.60 Å². The predicted octanol–water partition coefficient (Wildman–Crippen LogP) is 5.54. The lowest BCUT2D eigenvalue weighted by Crippen LogP contribution is -2.12. The summed E-state index contributed by atoms with van der Waals surface area (Å²) in [5.74, 6) is 3.40. The van der Waals surface area contributed by atoms with Gasteiger partial charge in [-0.15, -0.1) is 0 Å². The van der Waals surface area contributed by atoms with Gasteiger partial charge in [-0.25, -0.2) is 0 Å². The number of allylic oxidation sites excluding steroid dienone is 1. The lowest BCUT2D eigenvalue weighted by atomic mass is 9.89. The van der Waals surface area contributed by atoms with Gasteiger partial charge in [-0.3, -0.25) is 0 Å². The zero-order valence-electron chi connectivity index (χ0n) is 14.7. The number of rotatable bonds is 1. The van der Waals surface area contributed by atoms with Crippen LogP contribution in [0.25, 0.3) is 6.08 Å². The highest BCUT2D eigenvalue weighted by atomic mass is 16.6. The number of aryl methyl sites for hydroxylation is 1. The van der Waals surface area contributed by atoms with Crippen LogP contribution in [-0.4, -0.2) is 11.7 Å². The molecule has 3 heterocycles. The number of furan rings is 1. The maximum Gasteiger partial charge on any atom is 0.129 e. The minimum Gasteiger partial charge on any atom is -0.461 e. The minimum absolute atomic E-state index is 0.115. The van der Waals surface area contributed by atoms with Crippen LogP contribution in [0.1, 0.15) is 70.5 Å². The molecule has 0 unspecified atom stereocenters. The van der Waals surface area contributed by atoms with Crippen molar-refractivity contribution in [2.75, 3.05) is 0 Å². The van der Waals surface area contributed by atoms with Crippen LogP contribution >= 0.6 is 0 Å². The Kier molecular flexibility index (Phi) is 4.24. The highest BCUT2D eigenvalue weighted by Crippen LogP contribution is 2.45. The molecule has 122 valence electrons. The molecule has 0 aromatic carbocycles. The van der Waals surface area contributed by atoms with Crippen LogP contribution in [0.2, 0.25) is 0 Å². The fourth-order valence-corrected chi connectivity index (χ4v) is 3.65. The van der Waals surface area contributed by atoms with E-state index in [2.05, 4.69) is 46.8 Å². The van der Waals surface area contributed by atoms with Crippen LogP contribution in [0.3, 0.4) is 0 Å². The molecule has 0 amide bonds. The Morgan fingerprint density at radius 3 is 2.77 bits per heavy atom. The van der Waals surface area contributed by atoms with Crippen molar-refractivity contribution in [1.82, 2.24) is 0 Å². The van der Waals surface area contributed by atoms with Crippen molar-refractivity contribution in [2.45, 2.75) is 78.4 Å². The van der Waals surface area contributed by atoms with Gasteiger partial charge in [-0.05, 0) is 69.1 Å². The Hall–Kier alpha value is -1.02. The minimum atomic E-state index is 0.115. The number of epoxide rings is 1. The maximum absolute atomic E-state index is 6.13. The van der Waals surface area contributed by atoms with E-state index in [4.69, 9.17) is 9.15 Å². The van der Waals surface area contributed by atoms with Crippen LogP contribution in [0.15, 0.2) is 16.1 Å². The number of hydrogen-bond acceptors (Lipinski definition) is 2. The van der Waals surface area contributed by atoms with Gasteiger partial charge in [0.25, 0.3) is 0 Å². The first-order valence-electron chi connectivity index (χ1n) is 8.85. The largest absolute Gasteiger partial charge is 0.461 e. The highest BCUT2D eigenvalue weighted by molar-refractivity contribution is 5.52. The summed E-state index contributed by atoms with van der Waals surface area (Å²) >= 11 is 0. The number of ether oxygens (including phenoxy) is 1. The lowest BCUT2D eigenvalue weighted by molar-refractivity contribution is 0.288. The van der Waals surface area contributed by atoms with Crippen LogP contribution in [0.4, 0.5) is 0 Å². The van der Waals surface area contributed by atoms with Gasteiger partial charge < -0.3 is 9.15 Å². The fourth-order valence-electron chi connectivity index (χ4n) is 3.65. The zero-order chi connectivity index (χ0) is 15.9.